The van der Waals surface area contributed by atoms with E-state index in [1.165, 1.54) is 6.07 Å². The second kappa shape index (κ2) is 6.64. The van der Waals surface area contributed by atoms with Crippen LogP contribution in [0, 0.1) is 13.8 Å². The summed E-state index contributed by atoms with van der Waals surface area (Å²) < 4.78 is 16.0. The maximum Gasteiger partial charge on any atom is 0.412 e. The van der Waals surface area contributed by atoms with Gasteiger partial charge in [-0.2, -0.15) is 0 Å². The first-order chi connectivity index (χ1) is 13.0. The van der Waals surface area contributed by atoms with E-state index < -0.39 is 11.7 Å². The minimum atomic E-state index is -0.624. The monoisotopic (exact) mass is 363 g/mol. The van der Waals surface area contributed by atoms with Crippen LogP contribution in [0.1, 0.15) is 16.9 Å². The summed E-state index contributed by atoms with van der Waals surface area (Å²) in [4.78, 5) is 23.6. The molecule has 2 aromatic carbocycles. The molecule has 2 heterocycles. The molecule has 1 amide bonds. The van der Waals surface area contributed by atoms with E-state index in [0.29, 0.717) is 17.0 Å². The van der Waals surface area contributed by atoms with Crippen molar-refractivity contribution in [3.63, 3.8) is 0 Å². The smallest absolute Gasteiger partial charge is 0.412 e. The lowest BCUT2D eigenvalue weighted by atomic mass is 10.1. The summed E-state index contributed by atoms with van der Waals surface area (Å²) >= 11 is 0. The Morgan fingerprint density at radius 1 is 1.00 bits per heavy atom. The number of amides is 1. The molecule has 0 atom stereocenters. The van der Waals surface area contributed by atoms with Gasteiger partial charge in [-0.25, -0.2) is 9.59 Å². The lowest BCUT2D eigenvalue weighted by Gasteiger charge is -2.07. The number of hydrogen-bond acceptors (Lipinski definition) is 5. The molecule has 4 aromatic rings. The predicted molar refractivity (Wildman–Crippen MR) is 102 cm³/mol. The van der Waals surface area contributed by atoms with Crippen LogP contribution in [0.5, 0.6) is 0 Å². The second-order valence-electron chi connectivity index (χ2n) is 6.41. The van der Waals surface area contributed by atoms with Gasteiger partial charge in [0.25, 0.3) is 0 Å². The van der Waals surface area contributed by atoms with Crippen LogP contribution in [0.2, 0.25) is 0 Å². The lowest BCUT2D eigenvalue weighted by molar-refractivity contribution is 0.147. The van der Waals surface area contributed by atoms with E-state index in [1.807, 2.05) is 38.1 Å². The fourth-order valence-corrected chi connectivity index (χ4v) is 2.98. The summed E-state index contributed by atoms with van der Waals surface area (Å²) in [6, 6.07) is 14.2. The van der Waals surface area contributed by atoms with E-state index in [2.05, 4.69) is 5.32 Å². The van der Waals surface area contributed by atoms with Gasteiger partial charge >= 0.3 is 11.7 Å². The molecule has 0 bridgehead atoms. The molecule has 0 fully saturated rings. The number of ether oxygens (including phenoxy) is 1. The molecule has 0 radical (unpaired) electrons. The summed E-state index contributed by atoms with van der Waals surface area (Å²) in [5.74, 6) is 0.561. The standard InChI is InChI=1S/C21H17NO5/c1-12-3-6-18-14(7-12)9-16(26-18)11-25-21(24)22-15-4-5-17-13(2)8-20(23)27-19(17)10-15/h3-10H,11H2,1-2H3,(H,22,24). The first-order valence-corrected chi connectivity index (χ1v) is 8.45. The average Bonchev–Trinajstić information content (AvgIpc) is 3.01. The molecule has 6 heteroatoms. The molecule has 27 heavy (non-hydrogen) atoms. The summed E-state index contributed by atoms with van der Waals surface area (Å²) in [7, 11) is 0. The molecule has 0 saturated carbocycles. The summed E-state index contributed by atoms with van der Waals surface area (Å²) in [6.45, 7) is 3.85. The van der Waals surface area contributed by atoms with Crippen molar-refractivity contribution >= 4 is 33.7 Å². The van der Waals surface area contributed by atoms with Gasteiger partial charge in [-0.15, -0.1) is 0 Å². The van der Waals surface area contributed by atoms with E-state index in [9.17, 15) is 9.59 Å². The zero-order valence-corrected chi connectivity index (χ0v) is 14.9. The summed E-state index contributed by atoms with van der Waals surface area (Å²) in [6.07, 6.45) is -0.624. The van der Waals surface area contributed by atoms with Gasteiger partial charge in [0, 0.05) is 28.6 Å². The third-order valence-electron chi connectivity index (χ3n) is 4.27. The number of fused-ring (bicyclic) bond motifs is 2. The summed E-state index contributed by atoms with van der Waals surface area (Å²) in [5.41, 5.74) is 3.15. The van der Waals surface area contributed by atoms with Gasteiger partial charge in [0.15, 0.2) is 6.61 Å². The lowest BCUT2D eigenvalue weighted by Crippen LogP contribution is -2.13. The van der Waals surface area contributed by atoms with Gasteiger partial charge in [-0.3, -0.25) is 5.32 Å². The first-order valence-electron chi connectivity index (χ1n) is 8.45. The fraction of sp³-hybridized carbons (Fsp3) is 0.143. The Labute approximate surface area is 154 Å². The van der Waals surface area contributed by atoms with E-state index in [0.717, 1.165) is 27.5 Å². The SMILES string of the molecule is Cc1ccc2oc(COC(=O)Nc3ccc4c(C)cc(=O)oc4c3)cc2c1. The zero-order chi connectivity index (χ0) is 19.0. The minimum Gasteiger partial charge on any atom is -0.457 e. The van der Waals surface area contributed by atoms with Crippen LogP contribution in [0.25, 0.3) is 21.9 Å². The highest BCUT2D eigenvalue weighted by atomic mass is 16.6. The topological polar surface area (TPSA) is 81.7 Å². The van der Waals surface area contributed by atoms with Gasteiger partial charge < -0.3 is 13.6 Å². The molecule has 6 nitrogen and oxygen atoms in total. The van der Waals surface area contributed by atoms with Gasteiger partial charge in [0.1, 0.15) is 16.9 Å². The van der Waals surface area contributed by atoms with Crippen LogP contribution in [0.15, 0.2) is 62.2 Å². The van der Waals surface area contributed by atoms with Crippen LogP contribution >= 0.6 is 0 Å². The molecule has 0 aliphatic rings. The molecular weight excluding hydrogens is 346 g/mol. The Morgan fingerprint density at radius 3 is 2.70 bits per heavy atom. The maximum atomic E-state index is 12.1. The van der Waals surface area contributed by atoms with E-state index in [4.69, 9.17) is 13.6 Å². The quantitative estimate of drug-likeness (QED) is 0.523. The third-order valence-corrected chi connectivity index (χ3v) is 4.27. The maximum absolute atomic E-state index is 12.1. The zero-order valence-electron chi connectivity index (χ0n) is 14.9. The fourth-order valence-electron chi connectivity index (χ4n) is 2.98. The average molecular weight is 363 g/mol. The van der Waals surface area contributed by atoms with Crippen molar-refractivity contribution in [2.24, 2.45) is 0 Å². The molecular formula is C21H17NO5. The molecule has 0 unspecified atom stereocenters. The number of carbonyl (C=O) groups excluding carboxylic acids is 1. The van der Waals surface area contributed by atoms with Crippen LogP contribution in [-0.4, -0.2) is 6.09 Å². The molecule has 136 valence electrons. The number of hydrogen-bond donors (Lipinski definition) is 1. The Balaban J connectivity index is 1.45. The Morgan fingerprint density at radius 2 is 1.85 bits per heavy atom. The summed E-state index contributed by atoms with van der Waals surface area (Å²) in [5, 5.41) is 4.40. The first kappa shape index (κ1) is 16.9. The van der Waals surface area contributed by atoms with E-state index in [-0.39, 0.29) is 6.61 Å². The normalized spacial score (nSPS) is 11.0. The number of aryl methyl sites for hydroxylation is 2. The predicted octanol–water partition coefficient (Wildman–Crippen LogP) is 4.90. The van der Waals surface area contributed by atoms with Gasteiger partial charge in [-0.1, -0.05) is 11.6 Å². The van der Waals surface area contributed by atoms with Crippen molar-refractivity contribution in [1.29, 1.82) is 0 Å². The highest BCUT2D eigenvalue weighted by Crippen LogP contribution is 2.22. The van der Waals surface area contributed by atoms with Crippen LogP contribution in [0.3, 0.4) is 0 Å². The molecule has 0 spiro atoms. The number of rotatable bonds is 3. The highest BCUT2D eigenvalue weighted by molar-refractivity contribution is 5.90. The van der Waals surface area contributed by atoms with Crippen LogP contribution < -0.4 is 10.9 Å². The van der Waals surface area contributed by atoms with E-state index in [1.54, 1.807) is 18.2 Å². The van der Waals surface area contributed by atoms with E-state index >= 15 is 0 Å². The Hall–Kier alpha value is -3.54. The minimum absolute atomic E-state index is 0.0152. The number of carbonyl (C=O) groups is 1. The Bertz CT molecular complexity index is 1220. The molecule has 0 aliphatic heterocycles. The molecule has 2 aromatic heterocycles. The second-order valence-corrected chi connectivity index (χ2v) is 6.41. The van der Waals surface area contributed by atoms with Crippen molar-refractivity contribution in [1.82, 2.24) is 0 Å². The van der Waals surface area contributed by atoms with Crippen molar-refractivity contribution in [3.8, 4) is 0 Å². The van der Waals surface area contributed by atoms with Gasteiger partial charge in [0.2, 0.25) is 0 Å². The molecule has 0 saturated heterocycles. The number of benzene rings is 2. The van der Waals surface area contributed by atoms with Crippen LogP contribution in [0.4, 0.5) is 10.5 Å². The number of nitrogens with one attached hydrogen (secondary N) is 1. The van der Waals surface area contributed by atoms with Crippen molar-refractivity contribution in [3.05, 3.63) is 75.8 Å². The van der Waals surface area contributed by atoms with Gasteiger partial charge in [0.05, 0.1) is 0 Å². The number of furan rings is 1. The molecule has 1 N–H and O–H groups in total. The van der Waals surface area contributed by atoms with Gasteiger partial charge in [-0.05, 0) is 49.7 Å². The Kier molecular flexibility index (Phi) is 4.16. The number of anilines is 1. The van der Waals surface area contributed by atoms with Crippen LogP contribution in [-0.2, 0) is 11.3 Å². The highest BCUT2D eigenvalue weighted by Gasteiger charge is 2.10. The molecule has 4 rings (SSSR count). The van der Waals surface area contributed by atoms with Crippen molar-refractivity contribution in [2.75, 3.05) is 5.32 Å². The third kappa shape index (κ3) is 3.55. The van der Waals surface area contributed by atoms with Crippen molar-refractivity contribution in [2.45, 2.75) is 20.5 Å². The molecule has 0 aliphatic carbocycles. The van der Waals surface area contributed by atoms with Crippen molar-refractivity contribution < 1.29 is 18.4 Å². The largest absolute Gasteiger partial charge is 0.457 e.